The minimum absolute atomic E-state index is 0.301. The number of nitrogens with zero attached hydrogens (tertiary/aromatic N) is 3. The molecule has 2 fully saturated rings. The third-order valence-corrected chi connectivity index (χ3v) is 8.62. The molecule has 1 aliphatic carbocycles. The van der Waals surface area contributed by atoms with E-state index < -0.39 is 0 Å². The number of hydrazone groups is 1. The molecule has 0 amide bonds. The molecule has 5 N–H and O–H groups in total. The zero-order valence-corrected chi connectivity index (χ0v) is 23.8. The second-order valence-electron chi connectivity index (χ2n) is 10.5. The average Bonchev–Trinajstić information content (AvgIpc) is 3.50. The van der Waals surface area contributed by atoms with Gasteiger partial charge >= 0.3 is 0 Å². The van der Waals surface area contributed by atoms with E-state index in [0.29, 0.717) is 51.6 Å². The van der Waals surface area contributed by atoms with Crippen LogP contribution in [0.2, 0.25) is 10.0 Å². The molecule has 2 aliphatic rings. The van der Waals surface area contributed by atoms with Gasteiger partial charge in [-0.3, -0.25) is 10.4 Å². The molecule has 2 aromatic rings. The molecule has 8 heteroatoms. The molecule has 2 aromatic carbocycles. The molecule has 1 saturated carbocycles. The molecule has 1 heterocycles. The summed E-state index contributed by atoms with van der Waals surface area (Å²) in [5.41, 5.74) is 11.4. The van der Waals surface area contributed by atoms with Gasteiger partial charge in [-0.25, -0.2) is 0 Å². The topological polar surface area (TPSA) is 104 Å². The molecule has 3 atom stereocenters. The summed E-state index contributed by atoms with van der Waals surface area (Å²) in [6.45, 7) is 5.74. The van der Waals surface area contributed by atoms with Gasteiger partial charge in [0.15, 0.2) is 0 Å². The molecule has 0 aromatic heterocycles. The summed E-state index contributed by atoms with van der Waals surface area (Å²) < 4.78 is 0. The van der Waals surface area contributed by atoms with E-state index in [2.05, 4.69) is 53.1 Å². The summed E-state index contributed by atoms with van der Waals surface area (Å²) in [4.78, 5) is 6.84. The predicted molar refractivity (Wildman–Crippen MR) is 162 cm³/mol. The molecular weight excluding hydrogens is 515 g/mol. The summed E-state index contributed by atoms with van der Waals surface area (Å²) in [6.07, 6.45) is 8.28. The highest BCUT2D eigenvalue weighted by atomic mass is 35.5. The molecule has 4 rings (SSSR count). The van der Waals surface area contributed by atoms with Crippen molar-refractivity contribution in [3.63, 3.8) is 0 Å². The number of rotatable bonds is 11. The lowest BCUT2D eigenvalue weighted by atomic mass is 9.85. The van der Waals surface area contributed by atoms with E-state index in [0.717, 1.165) is 43.4 Å². The maximum absolute atomic E-state index is 9.03. The minimum Gasteiger partial charge on any atom is -0.384 e. The first-order valence-corrected chi connectivity index (χ1v) is 14.2. The fourth-order valence-electron chi connectivity index (χ4n) is 6.06. The number of benzene rings is 2. The van der Waals surface area contributed by atoms with Gasteiger partial charge in [-0.2, -0.15) is 5.10 Å². The Morgan fingerprint density at radius 2 is 1.82 bits per heavy atom. The van der Waals surface area contributed by atoms with Gasteiger partial charge in [0.25, 0.3) is 0 Å². The smallest absolute Gasteiger partial charge is 0.141 e. The van der Waals surface area contributed by atoms with E-state index >= 15 is 0 Å². The molecule has 1 aliphatic heterocycles. The third-order valence-electron chi connectivity index (χ3n) is 7.99. The van der Waals surface area contributed by atoms with E-state index in [-0.39, 0.29) is 0 Å². The zero-order chi connectivity index (χ0) is 27.2. The van der Waals surface area contributed by atoms with Crippen molar-refractivity contribution in [2.75, 3.05) is 18.0 Å². The zero-order valence-electron chi connectivity index (χ0n) is 22.3. The Morgan fingerprint density at radius 3 is 2.42 bits per heavy atom. The highest BCUT2D eigenvalue weighted by molar-refractivity contribution is 6.41. The van der Waals surface area contributed by atoms with Crippen LogP contribution in [0.3, 0.4) is 0 Å². The van der Waals surface area contributed by atoms with E-state index in [1.165, 1.54) is 24.1 Å². The molecule has 3 unspecified atom stereocenters. The van der Waals surface area contributed by atoms with Crippen molar-refractivity contribution < 1.29 is 0 Å². The summed E-state index contributed by atoms with van der Waals surface area (Å²) in [5.74, 6) is 6.83. The summed E-state index contributed by atoms with van der Waals surface area (Å²) in [6, 6.07) is 14.6. The van der Waals surface area contributed by atoms with Crippen molar-refractivity contribution in [2.45, 2.75) is 58.4 Å². The lowest BCUT2D eigenvalue weighted by molar-refractivity contribution is 0.352. The first kappa shape index (κ1) is 28.2. The van der Waals surface area contributed by atoms with Gasteiger partial charge in [0.1, 0.15) is 5.84 Å². The van der Waals surface area contributed by atoms with Gasteiger partial charge in [-0.1, -0.05) is 60.3 Å². The third kappa shape index (κ3) is 6.41. The van der Waals surface area contributed by atoms with E-state index in [9.17, 15) is 0 Å². The highest BCUT2D eigenvalue weighted by Gasteiger charge is 2.44. The first-order chi connectivity index (χ1) is 18.3. The largest absolute Gasteiger partial charge is 0.384 e. The summed E-state index contributed by atoms with van der Waals surface area (Å²) in [5, 5.41) is 13.6. The van der Waals surface area contributed by atoms with Crippen LogP contribution in [-0.2, 0) is 0 Å². The Bertz CT molecular complexity index is 1210. The van der Waals surface area contributed by atoms with Crippen LogP contribution in [0.25, 0.3) is 0 Å². The minimum atomic E-state index is 0.301. The van der Waals surface area contributed by atoms with Gasteiger partial charge in [0.2, 0.25) is 0 Å². The average molecular weight is 554 g/mol. The second-order valence-corrected chi connectivity index (χ2v) is 11.3. The van der Waals surface area contributed by atoms with Crippen LogP contribution < -0.4 is 16.5 Å². The predicted octanol–water partition coefficient (Wildman–Crippen LogP) is 6.82. The van der Waals surface area contributed by atoms with Crippen molar-refractivity contribution >= 4 is 46.7 Å². The number of allylic oxidation sites excluding steroid dienone is 2. The fraction of sp³-hybridized carbons (Fsp3) is 0.433. The summed E-state index contributed by atoms with van der Waals surface area (Å²) in [7, 11) is 0. The Kier molecular flexibility index (Phi) is 9.50. The molecule has 202 valence electrons. The van der Waals surface area contributed by atoms with Crippen LogP contribution in [0.5, 0.6) is 0 Å². The molecular formula is C30H38Cl2N6. The van der Waals surface area contributed by atoms with Gasteiger partial charge in [-0.15, -0.1) is 0 Å². The fourth-order valence-corrected chi connectivity index (χ4v) is 6.65. The number of nitrogens with one attached hydrogen (secondary N) is 1. The summed E-state index contributed by atoms with van der Waals surface area (Å²) >= 11 is 13.0. The Hall–Kier alpha value is -2.83. The Balaban J connectivity index is 1.38. The molecule has 2 bridgehead atoms. The SMILES string of the molecule is CCC/C(C)=C(\CCC1CC2CC1CN2c1ccc(/C=N/C/C(N)=N/N)cc1)C(=N)c1c(Cl)cccc1Cl. The van der Waals surface area contributed by atoms with Crippen LogP contribution in [0, 0.1) is 17.2 Å². The Labute approximate surface area is 236 Å². The second kappa shape index (κ2) is 12.8. The first-order valence-electron chi connectivity index (χ1n) is 13.4. The van der Waals surface area contributed by atoms with Crippen LogP contribution >= 0.6 is 23.2 Å². The van der Waals surface area contributed by atoms with Gasteiger partial charge in [0, 0.05) is 30.1 Å². The number of hydrogen-bond donors (Lipinski definition) is 3. The molecule has 0 radical (unpaired) electrons. The van der Waals surface area contributed by atoms with Crippen molar-refractivity contribution in [2.24, 2.45) is 33.5 Å². The van der Waals surface area contributed by atoms with Crippen LogP contribution in [0.4, 0.5) is 5.69 Å². The number of fused-ring (bicyclic) bond motifs is 2. The maximum Gasteiger partial charge on any atom is 0.141 e. The van der Waals surface area contributed by atoms with E-state index in [4.69, 9.17) is 40.2 Å². The molecule has 1 saturated heterocycles. The van der Waals surface area contributed by atoms with Gasteiger partial charge in [-0.05, 0) is 86.3 Å². The number of anilines is 1. The number of hydrogen-bond acceptors (Lipinski definition) is 5. The monoisotopic (exact) mass is 552 g/mol. The molecule has 6 nitrogen and oxygen atoms in total. The Morgan fingerprint density at radius 1 is 1.11 bits per heavy atom. The lowest BCUT2D eigenvalue weighted by Gasteiger charge is -2.33. The van der Waals surface area contributed by atoms with Crippen molar-refractivity contribution in [3.05, 3.63) is 74.8 Å². The van der Waals surface area contributed by atoms with Crippen LogP contribution in [0.15, 0.2) is 63.7 Å². The van der Waals surface area contributed by atoms with E-state index in [1.54, 1.807) is 6.21 Å². The number of halogens is 2. The van der Waals surface area contributed by atoms with Crippen molar-refractivity contribution in [1.29, 1.82) is 5.41 Å². The van der Waals surface area contributed by atoms with Crippen molar-refractivity contribution in [3.8, 4) is 0 Å². The number of piperidine rings is 1. The van der Waals surface area contributed by atoms with E-state index in [1.807, 2.05) is 18.2 Å². The lowest BCUT2D eigenvalue weighted by Crippen LogP contribution is -2.35. The van der Waals surface area contributed by atoms with Crippen LogP contribution in [0.1, 0.15) is 63.5 Å². The molecule has 0 spiro atoms. The maximum atomic E-state index is 9.03. The standard InChI is InChI=1S/C30H38Cl2N6/c1-3-5-19(2)25(30(34)29-26(31)6-4-7-27(29)32)13-10-21-14-24-15-22(21)18-38(24)23-11-8-20(9-12-23)16-36-17-28(33)37-35/h4,6-9,11-12,16,21-22,24,34H,3,5,10,13-15,17-18,35H2,1-2H3,(H2,33,37)/b25-19+,34-30?,36-16+. The van der Waals surface area contributed by atoms with Crippen LogP contribution in [-0.4, -0.2) is 36.9 Å². The normalized spacial score (nSPS) is 21.8. The van der Waals surface area contributed by atoms with Gasteiger partial charge < -0.3 is 16.5 Å². The quantitative estimate of drug-likeness (QED) is 0.123. The number of aliphatic imine (C=N–C) groups is 1. The van der Waals surface area contributed by atoms with Crippen molar-refractivity contribution in [1.82, 2.24) is 0 Å². The number of nitrogens with two attached hydrogens (primary N) is 2. The van der Waals surface area contributed by atoms with Gasteiger partial charge in [0.05, 0.1) is 22.3 Å². The highest BCUT2D eigenvalue weighted by Crippen LogP contribution is 2.46. The number of amidine groups is 1. The molecule has 38 heavy (non-hydrogen) atoms.